The molecule has 15 heteroatoms. The lowest BCUT2D eigenvalue weighted by atomic mass is 10.1. The van der Waals surface area contributed by atoms with Crippen molar-refractivity contribution in [3.63, 3.8) is 0 Å². The van der Waals surface area contributed by atoms with E-state index in [-0.39, 0.29) is 11.8 Å². The van der Waals surface area contributed by atoms with Crippen LogP contribution in [-0.2, 0) is 23.4 Å². The normalized spacial score (nSPS) is 33.0. The number of nitrogens with zero attached hydrogens (tertiary/aromatic N) is 4. The van der Waals surface area contributed by atoms with Gasteiger partial charge in [-0.1, -0.05) is 0 Å². The number of hydrogen-bond donors (Lipinski definition) is 5. The lowest BCUT2D eigenvalue weighted by Gasteiger charge is -2.27. The van der Waals surface area contributed by atoms with Gasteiger partial charge in [-0.05, 0) is 0 Å². The van der Waals surface area contributed by atoms with E-state index in [1.807, 2.05) is 0 Å². The molecule has 148 valence electrons. The van der Waals surface area contributed by atoms with Crippen LogP contribution in [0, 0.1) is 0 Å². The molecule has 2 amide bonds. The molecule has 3 aliphatic heterocycles. The van der Waals surface area contributed by atoms with E-state index in [0.717, 1.165) is 6.34 Å². The van der Waals surface area contributed by atoms with Crippen molar-refractivity contribution < 1.29 is 43.4 Å². The van der Waals surface area contributed by atoms with Crippen molar-refractivity contribution in [1.82, 2.24) is 10.2 Å². The molecule has 5 atom stereocenters. The number of guanidine groups is 1. The first-order chi connectivity index (χ1) is 12.6. The third-order valence-electron chi connectivity index (χ3n) is 3.83. The van der Waals surface area contributed by atoms with Crippen LogP contribution in [0.2, 0.25) is 0 Å². The fourth-order valence-corrected chi connectivity index (χ4v) is 3.02. The zero-order valence-corrected chi connectivity index (χ0v) is 14.6. The number of carbonyl (C=O) groups excluding carboxylic acids is 2. The Morgan fingerprint density at radius 3 is 2.70 bits per heavy atom. The van der Waals surface area contributed by atoms with Gasteiger partial charge in [-0.3, -0.25) is 29.3 Å². The Bertz CT molecular complexity index is 792. The number of phosphoric acid groups is 1. The maximum atomic E-state index is 12.0. The van der Waals surface area contributed by atoms with Crippen molar-refractivity contribution in [3.05, 3.63) is 0 Å². The van der Waals surface area contributed by atoms with Gasteiger partial charge in [0.2, 0.25) is 11.9 Å². The number of amidine groups is 1. The van der Waals surface area contributed by atoms with Gasteiger partial charge in [0.05, 0.1) is 12.9 Å². The van der Waals surface area contributed by atoms with Crippen LogP contribution in [0.1, 0.15) is 6.92 Å². The van der Waals surface area contributed by atoms with Crippen LogP contribution in [0.25, 0.3) is 0 Å². The number of aliphatic hydroxyl groups is 2. The summed E-state index contributed by atoms with van der Waals surface area (Å²) < 4.78 is 20.5. The second kappa shape index (κ2) is 7.16. The van der Waals surface area contributed by atoms with Gasteiger partial charge in [-0.2, -0.15) is 9.98 Å². The highest BCUT2D eigenvalue weighted by atomic mass is 31.2. The number of aliphatic imine (C=N–C) groups is 3. The topological polar surface area (TPSA) is 203 Å². The van der Waals surface area contributed by atoms with E-state index in [1.165, 1.54) is 11.8 Å². The van der Waals surface area contributed by atoms with E-state index in [0.29, 0.717) is 0 Å². The molecule has 3 heterocycles. The molecule has 14 nitrogen and oxygen atoms in total. The van der Waals surface area contributed by atoms with Crippen molar-refractivity contribution in [2.24, 2.45) is 15.0 Å². The highest BCUT2D eigenvalue weighted by molar-refractivity contribution is 7.46. The number of carbonyl (C=O) groups is 2. The van der Waals surface area contributed by atoms with Crippen LogP contribution >= 0.6 is 7.82 Å². The highest BCUT2D eigenvalue weighted by Gasteiger charge is 2.50. The highest BCUT2D eigenvalue weighted by Crippen LogP contribution is 2.37. The number of fused-ring (bicyclic) bond motifs is 1. The van der Waals surface area contributed by atoms with Gasteiger partial charge in [0.1, 0.15) is 18.3 Å². The Morgan fingerprint density at radius 2 is 2.07 bits per heavy atom. The van der Waals surface area contributed by atoms with E-state index in [9.17, 15) is 24.4 Å². The van der Waals surface area contributed by atoms with Crippen molar-refractivity contribution in [2.45, 2.75) is 37.5 Å². The molecule has 1 fully saturated rings. The van der Waals surface area contributed by atoms with Gasteiger partial charge in [0.15, 0.2) is 18.1 Å². The third kappa shape index (κ3) is 4.11. The summed E-state index contributed by atoms with van der Waals surface area (Å²) in [7, 11) is -4.80. The van der Waals surface area contributed by atoms with E-state index in [2.05, 4.69) is 24.8 Å². The predicted octanol–water partition coefficient (Wildman–Crippen LogP) is -3.31. The van der Waals surface area contributed by atoms with Gasteiger partial charge in [-0.15, -0.1) is 0 Å². The van der Waals surface area contributed by atoms with Crippen molar-refractivity contribution in [3.8, 4) is 0 Å². The summed E-state index contributed by atoms with van der Waals surface area (Å²) in [5, 5.41) is 22.5. The van der Waals surface area contributed by atoms with Crippen molar-refractivity contribution in [1.29, 1.82) is 0 Å². The molecular formula is C12H16N5O9P. The summed E-state index contributed by atoms with van der Waals surface area (Å²) in [5.41, 5.74) is 0. The van der Waals surface area contributed by atoms with E-state index >= 15 is 0 Å². The first-order valence-electron chi connectivity index (χ1n) is 7.59. The molecular weight excluding hydrogens is 389 g/mol. The van der Waals surface area contributed by atoms with Gasteiger partial charge >= 0.3 is 7.82 Å². The van der Waals surface area contributed by atoms with Gasteiger partial charge in [0, 0.05) is 6.92 Å². The smallest absolute Gasteiger partial charge is 0.387 e. The van der Waals surface area contributed by atoms with E-state index in [4.69, 9.17) is 14.5 Å². The van der Waals surface area contributed by atoms with Crippen LogP contribution in [0.5, 0.6) is 0 Å². The van der Waals surface area contributed by atoms with E-state index < -0.39 is 56.8 Å². The average molecular weight is 405 g/mol. The third-order valence-corrected chi connectivity index (χ3v) is 4.31. The minimum atomic E-state index is -4.80. The standard InChI is InChI=1S/C12H16N5O9P/c1-4(18)14-12-15-9-6(10(21)16-12)13-3-17(9)11-8(20)7(19)5(26-11)2-25-27(22,23)24/h3,5-8,11,19-20H,2H2,1H3,(H2,22,23,24)(H,14,16,18,21)/t5-,6?,7-,8-,11-/m1/s1. The SMILES string of the molecule is CC(=O)NC1=NC(=O)C2N=CN([C@@H]3O[C@H](COP(=O)(O)O)[C@@H](O)[C@H]3O)C2=N1. The Morgan fingerprint density at radius 1 is 1.37 bits per heavy atom. The van der Waals surface area contributed by atoms with Crippen LogP contribution in [-0.4, -0.2) is 92.0 Å². The summed E-state index contributed by atoms with van der Waals surface area (Å²) >= 11 is 0. The molecule has 0 aromatic carbocycles. The zero-order chi connectivity index (χ0) is 19.9. The molecule has 0 radical (unpaired) electrons. The molecule has 1 saturated heterocycles. The second-order valence-electron chi connectivity index (χ2n) is 5.83. The Hall–Kier alpha value is -2.06. The molecule has 0 aromatic heterocycles. The molecule has 0 spiro atoms. The van der Waals surface area contributed by atoms with Crippen molar-refractivity contribution >= 4 is 37.8 Å². The average Bonchev–Trinajstić information content (AvgIpc) is 3.07. The van der Waals surface area contributed by atoms with Crippen LogP contribution in [0.15, 0.2) is 15.0 Å². The summed E-state index contributed by atoms with van der Waals surface area (Å²) in [5.74, 6) is -1.45. The number of hydrogen-bond acceptors (Lipinski definition) is 10. The minimum absolute atomic E-state index is 0.00607. The zero-order valence-electron chi connectivity index (χ0n) is 13.7. The summed E-state index contributed by atoms with van der Waals surface area (Å²) in [6.45, 7) is 0.519. The monoisotopic (exact) mass is 405 g/mol. The largest absolute Gasteiger partial charge is 0.469 e. The number of aliphatic hydroxyl groups excluding tert-OH is 2. The maximum Gasteiger partial charge on any atom is 0.469 e. The fraction of sp³-hybridized carbons (Fsp3) is 0.583. The van der Waals surface area contributed by atoms with Gasteiger partial charge in [-0.25, -0.2) is 4.57 Å². The number of ether oxygens (including phenoxy) is 1. The Kier molecular flexibility index (Phi) is 5.22. The van der Waals surface area contributed by atoms with Crippen LogP contribution in [0.3, 0.4) is 0 Å². The lowest BCUT2D eigenvalue weighted by Crippen LogP contribution is -2.49. The lowest BCUT2D eigenvalue weighted by molar-refractivity contribution is -0.117. The quantitative estimate of drug-likeness (QED) is 0.295. The second-order valence-corrected chi connectivity index (χ2v) is 7.07. The number of phosphoric ester groups is 1. The molecule has 27 heavy (non-hydrogen) atoms. The summed E-state index contributed by atoms with van der Waals surface area (Å²) in [6, 6.07) is -1.10. The molecule has 5 N–H and O–H groups in total. The molecule has 0 aromatic rings. The fourth-order valence-electron chi connectivity index (χ4n) is 2.67. The number of rotatable bonds is 4. The van der Waals surface area contributed by atoms with Crippen LogP contribution in [0.4, 0.5) is 0 Å². The van der Waals surface area contributed by atoms with Crippen molar-refractivity contribution in [2.75, 3.05) is 6.61 Å². The molecule has 0 bridgehead atoms. The summed E-state index contributed by atoms with van der Waals surface area (Å²) in [4.78, 5) is 53.4. The number of nitrogens with one attached hydrogen (secondary N) is 1. The molecule has 1 unspecified atom stereocenters. The molecule has 3 aliphatic rings. The number of amides is 2. The first kappa shape index (κ1) is 19.7. The van der Waals surface area contributed by atoms with Gasteiger partial charge in [0.25, 0.3) is 5.91 Å². The minimum Gasteiger partial charge on any atom is -0.387 e. The maximum absolute atomic E-state index is 12.0. The first-order valence-corrected chi connectivity index (χ1v) is 9.12. The molecule has 0 saturated carbocycles. The Balaban J connectivity index is 1.78. The van der Waals surface area contributed by atoms with E-state index in [1.54, 1.807) is 0 Å². The predicted molar refractivity (Wildman–Crippen MR) is 86.5 cm³/mol. The van der Waals surface area contributed by atoms with Gasteiger partial charge < -0.3 is 24.7 Å². The Labute approximate surface area is 151 Å². The summed E-state index contributed by atoms with van der Waals surface area (Å²) in [6.07, 6.45) is -4.42. The van der Waals surface area contributed by atoms with Crippen LogP contribution < -0.4 is 5.32 Å². The molecule has 0 aliphatic carbocycles. The molecule has 3 rings (SSSR count).